The Morgan fingerprint density at radius 3 is 1.14 bits per heavy atom. The maximum Gasteiger partial charge on any atom is 0.326 e. The molecule has 148 valence electrons. The van der Waals surface area contributed by atoms with Gasteiger partial charge in [0.25, 0.3) is 22.2 Å². The van der Waals surface area contributed by atoms with Crippen molar-refractivity contribution in [3.63, 3.8) is 0 Å². The molecular formula is C16H14N2O8S2. The van der Waals surface area contributed by atoms with E-state index in [2.05, 4.69) is 0 Å². The first-order valence-electron chi connectivity index (χ1n) is 8.21. The van der Waals surface area contributed by atoms with Crippen LogP contribution in [0.25, 0.3) is 18.8 Å². The lowest BCUT2D eigenvalue weighted by Crippen LogP contribution is -2.34. The molecule has 3 aromatic heterocycles. The number of nitrogens with zero attached hydrogens (tertiary/aromatic N) is 2. The van der Waals surface area contributed by atoms with E-state index in [1.807, 2.05) is 0 Å². The second kappa shape index (κ2) is 6.95. The minimum atomic E-state index is -1.36. The smallest absolute Gasteiger partial charge is 0.326 e. The molecule has 2 unspecified atom stereocenters. The van der Waals surface area contributed by atoms with Gasteiger partial charge in [-0.05, 0) is 12.8 Å². The van der Waals surface area contributed by atoms with Crippen molar-refractivity contribution in [2.45, 2.75) is 38.8 Å². The van der Waals surface area contributed by atoms with Crippen molar-refractivity contribution in [3.05, 3.63) is 41.4 Å². The van der Waals surface area contributed by atoms with Crippen LogP contribution in [0, 0.1) is 0 Å². The van der Waals surface area contributed by atoms with Gasteiger partial charge in [0.15, 0.2) is 0 Å². The third-order valence-electron chi connectivity index (χ3n) is 4.44. The van der Waals surface area contributed by atoms with Crippen molar-refractivity contribution in [1.29, 1.82) is 0 Å². The predicted molar refractivity (Wildman–Crippen MR) is 103 cm³/mol. The van der Waals surface area contributed by atoms with Crippen molar-refractivity contribution >= 4 is 53.4 Å². The Hall–Kier alpha value is -2.86. The van der Waals surface area contributed by atoms with Crippen molar-refractivity contribution in [3.8, 4) is 0 Å². The number of rotatable bonds is 6. The highest BCUT2D eigenvalue weighted by Gasteiger charge is 2.29. The van der Waals surface area contributed by atoms with Crippen molar-refractivity contribution in [1.82, 2.24) is 9.13 Å². The lowest BCUT2D eigenvalue weighted by atomic mass is 10.2. The number of hydrogen-bond donors (Lipinski definition) is 2. The molecule has 0 aliphatic rings. The van der Waals surface area contributed by atoms with Gasteiger partial charge in [-0.15, -0.1) is 22.7 Å². The summed E-state index contributed by atoms with van der Waals surface area (Å²) in [4.78, 5) is 73.3. The number of fused-ring (bicyclic) bond motifs is 2. The molecule has 10 nitrogen and oxygen atoms in total. The molecule has 0 aromatic carbocycles. The molecule has 3 aromatic rings. The largest absolute Gasteiger partial charge is 0.480 e. The predicted octanol–water partition coefficient (Wildman–Crippen LogP) is 0.669. The van der Waals surface area contributed by atoms with E-state index in [0.29, 0.717) is 31.8 Å². The van der Waals surface area contributed by atoms with E-state index in [1.54, 1.807) is 0 Å². The van der Waals surface area contributed by atoms with Crippen LogP contribution >= 0.6 is 22.7 Å². The molecule has 3 heterocycles. The Balaban J connectivity index is 2.44. The Labute approximate surface area is 162 Å². The fourth-order valence-corrected chi connectivity index (χ4v) is 5.45. The zero-order chi connectivity index (χ0) is 20.9. The van der Waals surface area contributed by atoms with E-state index in [4.69, 9.17) is 0 Å². The molecule has 0 bridgehead atoms. The highest BCUT2D eigenvalue weighted by molar-refractivity contribution is 7.36. The van der Waals surface area contributed by atoms with Crippen LogP contribution in [0.3, 0.4) is 0 Å². The van der Waals surface area contributed by atoms with Gasteiger partial charge in [0, 0.05) is 0 Å². The molecule has 28 heavy (non-hydrogen) atoms. The number of carboxylic acid groups (broad SMARTS) is 2. The van der Waals surface area contributed by atoms with E-state index in [0.717, 1.165) is 0 Å². The fourth-order valence-electron chi connectivity index (χ4n) is 3.08. The third-order valence-corrected chi connectivity index (χ3v) is 7.03. The van der Waals surface area contributed by atoms with Crippen LogP contribution in [-0.2, 0) is 9.59 Å². The summed E-state index contributed by atoms with van der Waals surface area (Å²) in [6, 6.07) is -2.72. The van der Waals surface area contributed by atoms with Crippen LogP contribution in [0.1, 0.15) is 38.8 Å². The van der Waals surface area contributed by atoms with Gasteiger partial charge in [-0.25, -0.2) is 9.59 Å². The minimum Gasteiger partial charge on any atom is -0.480 e. The van der Waals surface area contributed by atoms with Crippen LogP contribution in [-0.4, -0.2) is 31.3 Å². The maximum atomic E-state index is 12.6. The monoisotopic (exact) mass is 426 g/mol. The summed E-state index contributed by atoms with van der Waals surface area (Å²) in [7, 11) is 0. The first kappa shape index (κ1) is 19.9. The second-order valence-electron chi connectivity index (χ2n) is 6.01. The molecule has 0 saturated heterocycles. The molecular weight excluding hydrogens is 412 g/mol. The molecule has 2 N–H and O–H groups in total. The summed E-state index contributed by atoms with van der Waals surface area (Å²) in [6.07, 6.45) is -0.00341. The summed E-state index contributed by atoms with van der Waals surface area (Å²) >= 11 is 1.22. The van der Waals surface area contributed by atoms with Crippen molar-refractivity contribution in [2.24, 2.45) is 0 Å². The first-order chi connectivity index (χ1) is 13.1. The highest BCUT2D eigenvalue weighted by Crippen LogP contribution is 2.27. The highest BCUT2D eigenvalue weighted by atomic mass is 32.1. The van der Waals surface area contributed by atoms with Gasteiger partial charge in [0.05, 0.1) is 0 Å². The molecule has 3 rings (SSSR count). The van der Waals surface area contributed by atoms with Gasteiger partial charge < -0.3 is 10.2 Å². The number of carboxylic acids is 2. The zero-order valence-corrected chi connectivity index (χ0v) is 16.3. The molecule has 2 atom stereocenters. The zero-order valence-electron chi connectivity index (χ0n) is 14.6. The fraction of sp³-hybridized carbons (Fsp3) is 0.375. The van der Waals surface area contributed by atoms with Gasteiger partial charge in [-0.1, -0.05) is 13.8 Å². The number of carbonyl (C=O) groups is 2. The topological polar surface area (TPSA) is 153 Å². The Morgan fingerprint density at radius 2 is 0.964 bits per heavy atom. The normalized spacial score (nSPS) is 13.8. The molecule has 0 amide bonds. The number of aromatic nitrogens is 2. The van der Waals surface area contributed by atoms with Gasteiger partial charge in [0.1, 0.15) is 30.9 Å². The van der Waals surface area contributed by atoms with Crippen LogP contribution in [0.5, 0.6) is 0 Å². The average Bonchev–Trinajstić information content (AvgIpc) is 3.02. The van der Waals surface area contributed by atoms with Crippen LogP contribution in [0.2, 0.25) is 0 Å². The molecule has 0 aliphatic heterocycles. The van der Waals surface area contributed by atoms with Crippen LogP contribution < -0.4 is 22.2 Å². The van der Waals surface area contributed by atoms with E-state index in [1.165, 1.54) is 13.8 Å². The van der Waals surface area contributed by atoms with Crippen molar-refractivity contribution < 1.29 is 19.8 Å². The standard InChI is InChI=1S/C16H14N2O8S2/c1-3-5(15(23)24)17-11(19)7-8(12(17)20)28-10-9(27-7)13(21)18(14(10)22)6(4-2)16(25)26/h5-6H,3-4H2,1-2H3,(H,23,24)(H,25,26). The molecule has 0 saturated carbocycles. The average molecular weight is 426 g/mol. The lowest BCUT2D eigenvalue weighted by molar-refractivity contribution is -0.142. The van der Waals surface area contributed by atoms with Gasteiger partial charge >= 0.3 is 11.9 Å². The van der Waals surface area contributed by atoms with Crippen LogP contribution in [0.15, 0.2) is 19.2 Å². The quantitative estimate of drug-likeness (QED) is 0.583. The summed E-state index contributed by atoms with van der Waals surface area (Å²) in [5, 5.41) is 18.5. The number of aliphatic carboxylic acids is 2. The summed E-state index contributed by atoms with van der Waals surface area (Å²) in [6.45, 7) is 3.02. The van der Waals surface area contributed by atoms with Crippen molar-refractivity contribution in [2.75, 3.05) is 0 Å². The Kier molecular flexibility index (Phi) is 4.93. The van der Waals surface area contributed by atoms with E-state index < -0.39 is 46.3 Å². The van der Waals surface area contributed by atoms with Gasteiger partial charge in [0.2, 0.25) is 0 Å². The number of hydrogen-bond acceptors (Lipinski definition) is 8. The third kappa shape index (κ3) is 2.67. The van der Waals surface area contributed by atoms with Gasteiger partial charge in [-0.3, -0.25) is 28.3 Å². The SMILES string of the molecule is CCC(C(=O)O)n1c(=O)c2sc3c(=O)n(C(CC)C(=O)O)c(=O)c3sc2c1=O. The molecule has 0 spiro atoms. The summed E-state index contributed by atoms with van der Waals surface area (Å²) in [5.74, 6) is -2.68. The molecule has 0 fully saturated rings. The Morgan fingerprint density at radius 1 is 0.714 bits per heavy atom. The summed E-state index contributed by atoms with van der Waals surface area (Å²) in [5.41, 5.74) is -3.38. The van der Waals surface area contributed by atoms with E-state index in [9.17, 15) is 39.0 Å². The summed E-state index contributed by atoms with van der Waals surface area (Å²) < 4.78 is 0.737. The minimum absolute atomic E-state index is 0.00171. The lowest BCUT2D eigenvalue weighted by Gasteiger charge is -2.08. The van der Waals surface area contributed by atoms with Gasteiger partial charge in [-0.2, -0.15) is 0 Å². The molecule has 0 aliphatic carbocycles. The molecule has 0 radical (unpaired) electrons. The van der Waals surface area contributed by atoms with E-state index >= 15 is 0 Å². The molecule has 12 heteroatoms. The Bertz CT molecular complexity index is 1170. The maximum absolute atomic E-state index is 12.6. The van der Waals surface area contributed by atoms with Crippen LogP contribution in [0.4, 0.5) is 0 Å². The first-order valence-corrected chi connectivity index (χ1v) is 9.84. The van der Waals surface area contributed by atoms with E-state index in [-0.39, 0.29) is 31.6 Å². The second-order valence-corrected chi connectivity index (χ2v) is 8.05.